The van der Waals surface area contributed by atoms with Crippen LogP contribution in [0.25, 0.3) is 22.2 Å². The van der Waals surface area contributed by atoms with E-state index in [-0.39, 0.29) is 13.2 Å². The first-order valence-corrected chi connectivity index (χ1v) is 8.70. The maximum atomic E-state index is 11.8. The van der Waals surface area contributed by atoms with Gasteiger partial charge in [-0.3, -0.25) is 4.98 Å². The average molecular weight is 369 g/mol. The zero-order chi connectivity index (χ0) is 19.6. The Kier molecular flexibility index (Phi) is 5.36. The normalized spacial score (nSPS) is 11.0. The second-order valence-electron chi connectivity index (χ2n) is 6.47. The fourth-order valence-electron chi connectivity index (χ4n) is 2.98. The third kappa shape index (κ3) is 3.61. The third-order valence-electron chi connectivity index (χ3n) is 4.29. The number of ether oxygens (including phenoxy) is 1. The zero-order valence-corrected chi connectivity index (χ0v) is 15.9. The average Bonchev–Trinajstić information content (AvgIpc) is 3.07. The lowest BCUT2D eigenvalue weighted by Crippen LogP contribution is -2.23. The second-order valence-corrected chi connectivity index (χ2v) is 6.47. The third-order valence-corrected chi connectivity index (χ3v) is 4.29. The van der Waals surface area contributed by atoms with Crippen molar-refractivity contribution in [3.05, 3.63) is 41.5 Å². The largest absolute Gasteiger partial charge is 0.443 e. The molecule has 0 saturated carbocycles. The summed E-state index contributed by atoms with van der Waals surface area (Å²) in [7, 11) is 3.23. The highest BCUT2D eigenvalue weighted by Gasteiger charge is 2.20. The number of aliphatic hydroxyl groups excluding tert-OH is 1. The van der Waals surface area contributed by atoms with Crippen LogP contribution >= 0.6 is 0 Å². The minimum absolute atomic E-state index is 0.0377. The molecule has 0 unspecified atom stereocenters. The van der Waals surface area contributed by atoms with E-state index in [0.29, 0.717) is 23.4 Å². The number of aryl methyl sites for hydroxylation is 2. The zero-order valence-electron chi connectivity index (χ0n) is 15.9. The highest BCUT2D eigenvalue weighted by atomic mass is 16.6. The van der Waals surface area contributed by atoms with Gasteiger partial charge in [-0.1, -0.05) is 0 Å². The first kappa shape index (κ1) is 18.8. The van der Waals surface area contributed by atoms with Crippen molar-refractivity contribution < 1.29 is 14.6 Å². The summed E-state index contributed by atoms with van der Waals surface area (Å²) in [5.74, 6) is 0. The molecule has 0 aromatic carbocycles. The van der Waals surface area contributed by atoms with Crippen LogP contribution in [0.4, 0.5) is 4.79 Å². The molecule has 3 aromatic heterocycles. The predicted molar refractivity (Wildman–Crippen MR) is 101 cm³/mol. The minimum Gasteiger partial charge on any atom is -0.443 e. The maximum Gasteiger partial charge on any atom is 0.409 e. The van der Waals surface area contributed by atoms with Gasteiger partial charge in [-0.25, -0.2) is 14.5 Å². The Morgan fingerprint density at radius 1 is 1.30 bits per heavy atom. The molecule has 0 bridgehead atoms. The number of nitrogens with zero attached hydrogens (tertiary/aromatic N) is 5. The van der Waals surface area contributed by atoms with Crippen LogP contribution in [0.2, 0.25) is 0 Å². The molecule has 8 heteroatoms. The molecule has 0 radical (unpaired) electrons. The van der Waals surface area contributed by atoms with Crippen molar-refractivity contribution >= 4 is 17.1 Å². The van der Waals surface area contributed by atoms with Gasteiger partial charge in [-0.2, -0.15) is 5.10 Å². The molecule has 8 nitrogen and oxygen atoms in total. The Hall–Kier alpha value is -3.00. The van der Waals surface area contributed by atoms with Crippen LogP contribution in [0, 0.1) is 6.92 Å². The van der Waals surface area contributed by atoms with E-state index in [2.05, 4.69) is 15.1 Å². The molecule has 0 aliphatic rings. The molecule has 0 aliphatic heterocycles. The molecule has 0 atom stereocenters. The summed E-state index contributed by atoms with van der Waals surface area (Å²) in [5.41, 5.74) is 4.48. The SMILES string of the molecule is CCn1ncc2c(-c3cncc(C)c3)c(CO)c(COC(=O)N(C)C)nc21. The van der Waals surface area contributed by atoms with Gasteiger partial charge in [0.05, 0.1) is 18.5 Å². The highest BCUT2D eigenvalue weighted by molar-refractivity contribution is 5.95. The van der Waals surface area contributed by atoms with E-state index >= 15 is 0 Å². The molecule has 0 aliphatic carbocycles. The minimum atomic E-state index is -0.469. The van der Waals surface area contributed by atoms with Crippen LogP contribution in [0.1, 0.15) is 23.7 Å². The van der Waals surface area contributed by atoms with E-state index in [0.717, 1.165) is 22.1 Å². The van der Waals surface area contributed by atoms with Crippen LogP contribution in [0.3, 0.4) is 0 Å². The number of hydrogen-bond donors (Lipinski definition) is 1. The molecule has 27 heavy (non-hydrogen) atoms. The Labute approximate surface area is 157 Å². The van der Waals surface area contributed by atoms with Crippen molar-refractivity contribution in [1.29, 1.82) is 0 Å². The number of amides is 1. The Morgan fingerprint density at radius 2 is 2.07 bits per heavy atom. The standard InChI is InChI=1S/C19H23N5O3/c1-5-24-18-14(9-21-24)17(13-6-12(2)7-20-8-13)15(10-25)16(22-18)11-27-19(26)23(3)4/h6-9,25H,5,10-11H2,1-4H3. The molecule has 1 amide bonds. The molecule has 142 valence electrons. The molecular weight excluding hydrogens is 346 g/mol. The lowest BCUT2D eigenvalue weighted by atomic mass is 9.97. The number of pyridine rings is 2. The van der Waals surface area contributed by atoms with Gasteiger partial charge in [0.2, 0.25) is 0 Å². The van der Waals surface area contributed by atoms with Crippen LogP contribution in [-0.4, -0.2) is 49.9 Å². The highest BCUT2D eigenvalue weighted by Crippen LogP contribution is 2.33. The summed E-state index contributed by atoms with van der Waals surface area (Å²) in [6.45, 7) is 4.32. The quantitative estimate of drug-likeness (QED) is 0.743. The van der Waals surface area contributed by atoms with Crippen LogP contribution < -0.4 is 0 Å². The van der Waals surface area contributed by atoms with Gasteiger partial charge in [0.15, 0.2) is 5.65 Å². The van der Waals surface area contributed by atoms with Gasteiger partial charge < -0.3 is 14.7 Å². The lowest BCUT2D eigenvalue weighted by molar-refractivity contribution is 0.110. The monoisotopic (exact) mass is 369 g/mol. The van der Waals surface area contributed by atoms with Crippen molar-refractivity contribution in [2.75, 3.05) is 14.1 Å². The fourth-order valence-corrected chi connectivity index (χ4v) is 2.98. The van der Waals surface area contributed by atoms with Crippen LogP contribution in [-0.2, 0) is 24.5 Å². The first-order chi connectivity index (χ1) is 13.0. The summed E-state index contributed by atoms with van der Waals surface area (Å²) >= 11 is 0. The predicted octanol–water partition coefficient (Wildman–Crippen LogP) is 2.51. The van der Waals surface area contributed by atoms with Crippen molar-refractivity contribution in [3.8, 4) is 11.1 Å². The topological polar surface area (TPSA) is 93.4 Å². The molecule has 3 aromatic rings. The summed E-state index contributed by atoms with van der Waals surface area (Å²) in [5, 5.41) is 15.3. The van der Waals surface area contributed by atoms with E-state index < -0.39 is 6.09 Å². The fraction of sp³-hybridized carbons (Fsp3) is 0.368. The molecule has 3 heterocycles. The van der Waals surface area contributed by atoms with Crippen LogP contribution in [0.5, 0.6) is 0 Å². The van der Waals surface area contributed by atoms with Gasteiger partial charge in [0.25, 0.3) is 0 Å². The van der Waals surface area contributed by atoms with E-state index in [9.17, 15) is 9.90 Å². The maximum absolute atomic E-state index is 11.8. The first-order valence-electron chi connectivity index (χ1n) is 8.70. The van der Waals surface area contributed by atoms with Gasteiger partial charge in [0.1, 0.15) is 6.61 Å². The van der Waals surface area contributed by atoms with Gasteiger partial charge in [-0.05, 0) is 25.5 Å². The number of carbonyl (C=O) groups excluding carboxylic acids is 1. The number of carbonyl (C=O) groups is 1. The van der Waals surface area contributed by atoms with E-state index in [1.165, 1.54) is 4.90 Å². The van der Waals surface area contributed by atoms with Crippen molar-refractivity contribution in [1.82, 2.24) is 24.6 Å². The number of aliphatic hydroxyl groups is 1. The Balaban J connectivity index is 2.21. The van der Waals surface area contributed by atoms with Gasteiger partial charge in [-0.15, -0.1) is 0 Å². The lowest BCUT2D eigenvalue weighted by Gasteiger charge is -2.16. The number of rotatable bonds is 5. The van der Waals surface area contributed by atoms with Gasteiger partial charge >= 0.3 is 6.09 Å². The van der Waals surface area contributed by atoms with Crippen molar-refractivity contribution in [2.45, 2.75) is 33.6 Å². The van der Waals surface area contributed by atoms with E-state index in [4.69, 9.17) is 4.74 Å². The smallest absolute Gasteiger partial charge is 0.409 e. The van der Waals surface area contributed by atoms with E-state index in [1.54, 1.807) is 37.4 Å². The van der Waals surface area contributed by atoms with Gasteiger partial charge in [0, 0.05) is 55.1 Å². The Morgan fingerprint density at radius 3 is 2.70 bits per heavy atom. The summed E-state index contributed by atoms with van der Waals surface area (Å²) in [4.78, 5) is 22.1. The summed E-state index contributed by atoms with van der Waals surface area (Å²) < 4.78 is 7.09. The molecule has 3 rings (SSSR count). The van der Waals surface area contributed by atoms with Crippen molar-refractivity contribution in [3.63, 3.8) is 0 Å². The molecule has 0 fully saturated rings. The summed E-state index contributed by atoms with van der Waals surface area (Å²) in [6.07, 6.45) is 4.80. The van der Waals surface area contributed by atoms with Crippen molar-refractivity contribution in [2.24, 2.45) is 0 Å². The second kappa shape index (κ2) is 7.71. The Bertz CT molecular complexity index is 981. The summed E-state index contributed by atoms with van der Waals surface area (Å²) in [6, 6.07) is 2.00. The number of hydrogen-bond acceptors (Lipinski definition) is 6. The van der Waals surface area contributed by atoms with Crippen LogP contribution in [0.15, 0.2) is 24.7 Å². The molecular formula is C19H23N5O3. The number of fused-ring (bicyclic) bond motifs is 1. The molecule has 0 saturated heterocycles. The molecule has 1 N–H and O–H groups in total. The molecule has 0 spiro atoms. The number of aromatic nitrogens is 4. The van der Waals surface area contributed by atoms with E-state index in [1.807, 2.05) is 19.9 Å².